The number of nitrogens with two attached hydrogens (primary N) is 2. The number of anilines is 1. The van der Waals surface area contributed by atoms with Gasteiger partial charge in [0.05, 0.1) is 23.2 Å². The zero-order chi connectivity index (χ0) is 12.8. The van der Waals surface area contributed by atoms with Crippen molar-refractivity contribution in [1.29, 1.82) is 0 Å². The molecule has 1 heterocycles. The highest BCUT2D eigenvalue weighted by Gasteiger charge is 2.12. The van der Waals surface area contributed by atoms with Crippen molar-refractivity contribution in [3.05, 3.63) is 17.8 Å². The second-order valence-electron chi connectivity index (χ2n) is 3.23. The number of primary amides is 1. The van der Waals surface area contributed by atoms with E-state index in [-0.39, 0.29) is 17.2 Å². The third-order valence-corrected chi connectivity index (χ3v) is 2.86. The van der Waals surface area contributed by atoms with Crippen molar-refractivity contribution in [1.82, 2.24) is 10.3 Å². The van der Waals surface area contributed by atoms with E-state index in [2.05, 4.69) is 10.3 Å². The van der Waals surface area contributed by atoms with Crippen LogP contribution < -0.4 is 16.8 Å². The molecule has 92 valence electrons. The van der Waals surface area contributed by atoms with E-state index < -0.39 is 5.91 Å². The molecule has 0 atom stereocenters. The van der Waals surface area contributed by atoms with Gasteiger partial charge in [0.25, 0.3) is 5.91 Å². The highest BCUT2D eigenvalue weighted by molar-refractivity contribution is 8.00. The number of rotatable bonds is 5. The van der Waals surface area contributed by atoms with E-state index in [1.54, 1.807) is 0 Å². The van der Waals surface area contributed by atoms with E-state index in [4.69, 9.17) is 11.5 Å². The summed E-state index contributed by atoms with van der Waals surface area (Å²) in [6, 6.07) is 1.45. The minimum Gasteiger partial charge on any atom is -0.397 e. The van der Waals surface area contributed by atoms with Crippen molar-refractivity contribution in [3.63, 3.8) is 0 Å². The van der Waals surface area contributed by atoms with Crippen molar-refractivity contribution < 1.29 is 9.59 Å². The number of aromatic nitrogens is 1. The number of carbonyl (C=O) groups is 2. The Bertz CT molecular complexity index is 436. The van der Waals surface area contributed by atoms with Crippen molar-refractivity contribution in [2.75, 3.05) is 18.0 Å². The molecule has 5 N–H and O–H groups in total. The molecule has 1 aromatic rings. The number of nitrogens with one attached hydrogen (secondary N) is 1. The van der Waals surface area contributed by atoms with Crippen LogP contribution in [-0.4, -0.2) is 29.1 Å². The predicted molar refractivity (Wildman–Crippen MR) is 66.6 cm³/mol. The molecule has 17 heavy (non-hydrogen) atoms. The third-order valence-electron chi connectivity index (χ3n) is 1.85. The molecule has 2 amide bonds. The SMILES string of the molecule is CCNC(=O)CSc1ncc(N)cc1C(N)=O. The maximum atomic E-state index is 11.3. The molecule has 0 aliphatic carbocycles. The Morgan fingerprint density at radius 3 is 2.82 bits per heavy atom. The molecule has 0 bridgehead atoms. The molecule has 0 radical (unpaired) electrons. The number of thioether (sulfide) groups is 1. The number of amides is 2. The van der Waals surface area contributed by atoms with E-state index in [0.29, 0.717) is 17.3 Å². The molecule has 7 heteroatoms. The number of nitrogens with zero attached hydrogens (tertiary/aromatic N) is 1. The zero-order valence-electron chi connectivity index (χ0n) is 9.40. The van der Waals surface area contributed by atoms with Gasteiger partial charge in [0.1, 0.15) is 5.03 Å². The van der Waals surface area contributed by atoms with E-state index in [1.807, 2.05) is 6.92 Å². The summed E-state index contributed by atoms with van der Waals surface area (Å²) < 4.78 is 0. The van der Waals surface area contributed by atoms with Gasteiger partial charge in [0, 0.05) is 6.54 Å². The Hall–Kier alpha value is -1.76. The third kappa shape index (κ3) is 3.95. The molecule has 0 aromatic carbocycles. The van der Waals surface area contributed by atoms with Crippen molar-refractivity contribution >= 4 is 29.3 Å². The van der Waals surface area contributed by atoms with Crippen LogP contribution in [0.5, 0.6) is 0 Å². The highest BCUT2D eigenvalue weighted by Crippen LogP contribution is 2.21. The average molecular weight is 254 g/mol. The smallest absolute Gasteiger partial charge is 0.251 e. The molecule has 0 spiro atoms. The maximum absolute atomic E-state index is 11.3. The van der Waals surface area contributed by atoms with Gasteiger partial charge >= 0.3 is 0 Å². The van der Waals surface area contributed by atoms with Crippen LogP contribution in [0.3, 0.4) is 0 Å². The van der Waals surface area contributed by atoms with Gasteiger partial charge in [-0.15, -0.1) is 0 Å². The van der Waals surface area contributed by atoms with Crippen LogP contribution in [0.25, 0.3) is 0 Å². The van der Waals surface area contributed by atoms with Crippen molar-refractivity contribution in [2.24, 2.45) is 5.73 Å². The fourth-order valence-electron chi connectivity index (χ4n) is 1.14. The standard InChI is InChI=1S/C10H14N4O2S/c1-2-13-8(15)5-17-10-7(9(12)16)3-6(11)4-14-10/h3-4H,2,5,11H2,1H3,(H2,12,16)(H,13,15). The molecular weight excluding hydrogens is 240 g/mol. The molecule has 0 saturated carbocycles. The maximum Gasteiger partial charge on any atom is 0.251 e. The molecule has 0 saturated heterocycles. The summed E-state index contributed by atoms with van der Waals surface area (Å²) in [6.07, 6.45) is 1.42. The second kappa shape index (κ2) is 6.09. The lowest BCUT2D eigenvalue weighted by Gasteiger charge is -2.06. The van der Waals surface area contributed by atoms with Gasteiger partial charge in [0.15, 0.2) is 0 Å². The summed E-state index contributed by atoms with van der Waals surface area (Å²) in [7, 11) is 0. The number of hydrogen-bond donors (Lipinski definition) is 3. The van der Waals surface area contributed by atoms with Gasteiger partial charge < -0.3 is 16.8 Å². The summed E-state index contributed by atoms with van der Waals surface area (Å²) in [5.74, 6) is -0.542. The van der Waals surface area contributed by atoms with Crippen LogP contribution in [0.2, 0.25) is 0 Å². The first-order valence-corrected chi connectivity index (χ1v) is 5.98. The molecule has 0 aliphatic heterocycles. The Balaban J connectivity index is 2.77. The zero-order valence-corrected chi connectivity index (χ0v) is 10.2. The van der Waals surface area contributed by atoms with E-state index in [1.165, 1.54) is 12.3 Å². The Labute approximate surface area is 103 Å². The van der Waals surface area contributed by atoms with Gasteiger partial charge in [-0.3, -0.25) is 9.59 Å². The molecule has 0 unspecified atom stereocenters. The fourth-order valence-corrected chi connectivity index (χ4v) is 1.95. The van der Waals surface area contributed by atoms with Gasteiger partial charge in [-0.05, 0) is 13.0 Å². The number of nitrogen functional groups attached to an aromatic ring is 1. The average Bonchev–Trinajstić information content (AvgIpc) is 2.27. The summed E-state index contributed by atoms with van der Waals surface area (Å²) in [4.78, 5) is 26.4. The summed E-state index contributed by atoms with van der Waals surface area (Å²) in [5, 5.41) is 3.06. The van der Waals surface area contributed by atoms with E-state index in [0.717, 1.165) is 11.8 Å². The van der Waals surface area contributed by atoms with Crippen LogP contribution in [0.15, 0.2) is 17.3 Å². The first-order valence-electron chi connectivity index (χ1n) is 4.99. The van der Waals surface area contributed by atoms with Crippen LogP contribution in [0.4, 0.5) is 5.69 Å². The first kappa shape index (κ1) is 13.3. The molecule has 0 aliphatic rings. The molecule has 1 rings (SSSR count). The topological polar surface area (TPSA) is 111 Å². The van der Waals surface area contributed by atoms with E-state index in [9.17, 15) is 9.59 Å². The van der Waals surface area contributed by atoms with Crippen molar-refractivity contribution in [2.45, 2.75) is 11.9 Å². The Morgan fingerprint density at radius 1 is 1.53 bits per heavy atom. The minimum absolute atomic E-state index is 0.119. The Kier molecular flexibility index (Phi) is 4.77. The van der Waals surface area contributed by atoms with Gasteiger partial charge in [-0.2, -0.15) is 0 Å². The molecule has 6 nitrogen and oxygen atoms in total. The lowest BCUT2D eigenvalue weighted by atomic mass is 10.2. The highest BCUT2D eigenvalue weighted by atomic mass is 32.2. The first-order chi connectivity index (χ1) is 8.04. The van der Waals surface area contributed by atoms with Gasteiger partial charge in [-0.1, -0.05) is 11.8 Å². The molecular formula is C10H14N4O2S. The van der Waals surface area contributed by atoms with Crippen LogP contribution in [0, 0.1) is 0 Å². The lowest BCUT2D eigenvalue weighted by molar-refractivity contribution is -0.118. The largest absolute Gasteiger partial charge is 0.397 e. The second-order valence-corrected chi connectivity index (χ2v) is 4.19. The van der Waals surface area contributed by atoms with Crippen molar-refractivity contribution in [3.8, 4) is 0 Å². The van der Waals surface area contributed by atoms with Crippen LogP contribution in [0.1, 0.15) is 17.3 Å². The normalized spacial score (nSPS) is 9.94. The monoisotopic (exact) mass is 254 g/mol. The summed E-state index contributed by atoms with van der Waals surface area (Å²) in [6.45, 7) is 2.40. The lowest BCUT2D eigenvalue weighted by Crippen LogP contribution is -2.24. The number of carbonyl (C=O) groups excluding carboxylic acids is 2. The molecule has 1 aromatic heterocycles. The van der Waals surface area contributed by atoms with Gasteiger partial charge in [0.2, 0.25) is 5.91 Å². The summed E-state index contributed by atoms with van der Waals surface area (Å²) >= 11 is 1.15. The predicted octanol–water partition coefficient (Wildman–Crippen LogP) is -0.00910. The number of pyridine rings is 1. The number of hydrogen-bond acceptors (Lipinski definition) is 5. The van der Waals surface area contributed by atoms with Crippen LogP contribution in [-0.2, 0) is 4.79 Å². The van der Waals surface area contributed by atoms with Gasteiger partial charge in [-0.25, -0.2) is 4.98 Å². The minimum atomic E-state index is -0.608. The molecule has 0 fully saturated rings. The summed E-state index contributed by atoms with van der Waals surface area (Å²) in [5.41, 5.74) is 11.3. The Morgan fingerprint density at radius 2 is 2.24 bits per heavy atom. The van der Waals surface area contributed by atoms with E-state index >= 15 is 0 Å². The fraction of sp³-hybridized carbons (Fsp3) is 0.300. The van der Waals surface area contributed by atoms with Crippen LogP contribution >= 0.6 is 11.8 Å². The quantitative estimate of drug-likeness (QED) is 0.640.